The fourth-order valence-corrected chi connectivity index (χ4v) is 2.51. The van der Waals surface area contributed by atoms with E-state index in [9.17, 15) is 0 Å². The van der Waals surface area contributed by atoms with Crippen LogP contribution in [0.3, 0.4) is 0 Å². The topological polar surface area (TPSA) is 15.3 Å². The number of anilines is 1. The van der Waals surface area contributed by atoms with Gasteiger partial charge in [0.25, 0.3) is 0 Å². The molecule has 1 aliphatic heterocycles. The van der Waals surface area contributed by atoms with Crippen LogP contribution in [-0.2, 0) is 0 Å². The number of nitrogens with one attached hydrogen (secondary N) is 1. The first-order chi connectivity index (χ1) is 8.66. The van der Waals surface area contributed by atoms with Crippen LogP contribution in [0.5, 0.6) is 0 Å². The van der Waals surface area contributed by atoms with Crippen LogP contribution in [0, 0.1) is 0 Å². The Balaban J connectivity index is 2.04. The zero-order chi connectivity index (χ0) is 13.0. The van der Waals surface area contributed by atoms with Crippen LogP contribution in [0.2, 0.25) is 0 Å². The van der Waals surface area contributed by atoms with Gasteiger partial charge >= 0.3 is 0 Å². The molecule has 1 saturated heterocycles. The van der Waals surface area contributed by atoms with Crippen molar-refractivity contribution in [1.82, 2.24) is 5.32 Å². The molecular formula is C16H26N2. The molecule has 1 atom stereocenters. The molecule has 0 saturated carbocycles. The molecule has 2 heteroatoms. The van der Waals surface area contributed by atoms with E-state index in [0.717, 1.165) is 13.1 Å². The lowest BCUT2D eigenvalue weighted by Crippen LogP contribution is -2.38. The van der Waals surface area contributed by atoms with E-state index < -0.39 is 0 Å². The van der Waals surface area contributed by atoms with Crippen LogP contribution in [0.4, 0.5) is 5.69 Å². The van der Waals surface area contributed by atoms with Crippen molar-refractivity contribution in [3.8, 4) is 0 Å². The maximum atomic E-state index is 3.55. The first kappa shape index (κ1) is 13.4. The molecular weight excluding hydrogens is 220 g/mol. The summed E-state index contributed by atoms with van der Waals surface area (Å²) in [6.07, 6.45) is 2.46. The average Bonchev–Trinajstić information content (AvgIpc) is 2.35. The van der Waals surface area contributed by atoms with Gasteiger partial charge in [-0.3, -0.25) is 0 Å². The minimum Gasteiger partial charge on any atom is -0.371 e. The normalized spacial score (nSPS) is 21.8. The van der Waals surface area contributed by atoms with E-state index in [-0.39, 0.29) is 0 Å². The molecule has 0 spiro atoms. The van der Waals surface area contributed by atoms with Crippen molar-refractivity contribution >= 4 is 5.69 Å². The second kappa shape index (κ2) is 6.24. The van der Waals surface area contributed by atoms with Crippen molar-refractivity contribution in [3.63, 3.8) is 0 Å². The molecule has 2 nitrogen and oxygen atoms in total. The lowest BCUT2D eigenvalue weighted by Gasteiger charge is -2.29. The van der Waals surface area contributed by atoms with E-state index in [0.29, 0.717) is 12.0 Å². The third kappa shape index (κ3) is 3.49. The molecule has 2 rings (SSSR count). The van der Waals surface area contributed by atoms with Crippen LogP contribution in [0.25, 0.3) is 0 Å². The molecule has 1 N–H and O–H groups in total. The summed E-state index contributed by atoms with van der Waals surface area (Å²) in [6, 6.07) is 9.77. The van der Waals surface area contributed by atoms with Gasteiger partial charge in [-0.05, 0) is 49.9 Å². The number of hydrogen-bond donors (Lipinski definition) is 1. The third-order valence-corrected chi connectivity index (χ3v) is 3.85. The van der Waals surface area contributed by atoms with Crippen molar-refractivity contribution in [3.05, 3.63) is 29.8 Å². The van der Waals surface area contributed by atoms with Gasteiger partial charge in [0.1, 0.15) is 0 Å². The highest BCUT2D eigenvalue weighted by molar-refractivity contribution is 5.48. The Morgan fingerprint density at radius 2 is 1.89 bits per heavy atom. The number of rotatable bonds is 2. The smallest absolute Gasteiger partial charge is 0.0366 e. The monoisotopic (exact) mass is 246 g/mol. The van der Waals surface area contributed by atoms with E-state index in [4.69, 9.17) is 0 Å². The van der Waals surface area contributed by atoms with Gasteiger partial charge in [-0.1, -0.05) is 26.0 Å². The van der Waals surface area contributed by atoms with Gasteiger partial charge in [0, 0.05) is 24.8 Å². The van der Waals surface area contributed by atoms with Gasteiger partial charge < -0.3 is 10.2 Å². The van der Waals surface area contributed by atoms with E-state index in [1.165, 1.54) is 30.6 Å². The van der Waals surface area contributed by atoms with E-state index in [2.05, 4.69) is 55.3 Å². The summed E-state index contributed by atoms with van der Waals surface area (Å²) in [5.41, 5.74) is 2.81. The van der Waals surface area contributed by atoms with Crippen LogP contribution in [-0.4, -0.2) is 25.7 Å². The van der Waals surface area contributed by atoms with Gasteiger partial charge in [0.15, 0.2) is 0 Å². The predicted molar refractivity (Wildman–Crippen MR) is 79.4 cm³/mol. The molecule has 1 unspecified atom stereocenters. The standard InChI is InChI=1S/C16H26N2/c1-13(2)15-5-7-16(8-6-15)18-11-4-10-17-14(3)9-12-18/h5-8,13-14,17H,4,9-12H2,1-3H3. The van der Waals surface area contributed by atoms with Crippen LogP contribution >= 0.6 is 0 Å². The van der Waals surface area contributed by atoms with Crippen molar-refractivity contribution in [2.75, 3.05) is 24.5 Å². The van der Waals surface area contributed by atoms with E-state index in [1.807, 2.05) is 0 Å². The summed E-state index contributed by atoms with van der Waals surface area (Å²) in [5, 5.41) is 3.55. The molecule has 1 heterocycles. The first-order valence-corrected chi connectivity index (χ1v) is 7.25. The molecule has 0 bridgehead atoms. The summed E-state index contributed by atoms with van der Waals surface area (Å²) >= 11 is 0. The minimum atomic E-state index is 0.621. The van der Waals surface area contributed by atoms with Crippen molar-refractivity contribution in [2.24, 2.45) is 0 Å². The fraction of sp³-hybridized carbons (Fsp3) is 0.625. The van der Waals surface area contributed by atoms with Crippen molar-refractivity contribution in [1.29, 1.82) is 0 Å². The Morgan fingerprint density at radius 3 is 2.56 bits per heavy atom. The zero-order valence-corrected chi connectivity index (χ0v) is 11.9. The Labute approximate surface area is 111 Å². The minimum absolute atomic E-state index is 0.621. The highest BCUT2D eigenvalue weighted by Crippen LogP contribution is 2.21. The predicted octanol–water partition coefficient (Wildman–Crippen LogP) is 3.39. The van der Waals surface area contributed by atoms with Crippen LogP contribution in [0.1, 0.15) is 45.1 Å². The second-order valence-electron chi connectivity index (χ2n) is 5.73. The highest BCUT2D eigenvalue weighted by Gasteiger charge is 2.12. The Kier molecular flexibility index (Phi) is 4.65. The fourth-order valence-electron chi connectivity index (χ4n) is 2.51. The largest absolute Gasteiger partial charge is 0.371 e. The van der Waals surface area contributed by atoms with Crippen LogP contribution in [0.15, 0.2) is 24.3 Å². The maximum Gasteiger partial charge on any atom is 0.0366 e. The molecule has 100 valence electrons. The molecule has 0 radical (unpaired) electrons. The second-order valence-corrected chi connectivity index (χ2v) is 5.73. The summed E-state index contributed by atoms with van der Waals surface area (Å²) in [5.74, 6) is 0.621. The molecule has 1 aromatic carbocycles. The Morgan fingerprint density at radius 1 is 1.17 bits per heavy atom. The molecule has 1 fully saturated rings. The Hall–Kier alpha value is -1.02. The molecule has 1 aliphatic rings. The molecule has 0 aliphatic carbocycles. The quantitative estimate of drug-likeness (QED) is 0.860. The molecule has 0 amide bonds. The van der Waals surface area contributed by atoms with E-state index in [1.54, 1.807) is 0 Å². The third-order valence-electron chi connectivity index (χ3n) is 3.85. The lowest BCUT2D eigenvalue weighted by molar-refractivity contribution is 0.475. The summed E-state index contributed by atoms with van der Waals surface area (Å²) in [6.45, 7) is 10.2. The number of benzene rings is 1. The van der Waals surface area contributed by atoms with Crippen molar-refractivity contribution in [2.45, 2.75) is 45.6 Å². The maximum absolute atomic E-state index is 3.55. The molecule has 18 heavy (non-hydrogen) atoms. The zero-order valence-electron chi connectivity index (χ0n) is 11.9. The summed E-state index contributed by atoms with van der Waals surface area (Å²) < 4.78 is 0. The molecule has 0 aromatic heterocycles. The van der Waals surface area contributed by atoms with E-state index >= 15 is 0 Å². The van der Waals surface area contributed by atoms with Crippen LogP contribution < -0.4 is 10.2 Å². The average molecular weight is 246 g/mol. The summed E-state index contributed by atoms with van der Waals surface area (Å²) in [4.78, 5) is 2.53. The van der Waals surface area contributed by atoms with Gasteiger partial charge in [-0.25, -0.2) is 0 Å². The highest BCUT2D eigenvalue weighted by atomic mass is 15.1. The number of hydrogen-bond acceptors (Lipinski definition) is 2. The number of nitrogens with zero attached hydrogens (tertiary/aromatic N) is 1. The van der Waals surface area contributed by atoms with Crippen molar-refractivity contribution < 1.29 is 0 Å². The molecule has 1 aromatic rings. The SMILES string of the molecule is CC1CCN(c2ccc(C(C)C)cc2)CCCN1. The van der Waals surface area contributed by atoms with Gasteiger partial charge in [-0.15, -0.1) is 0 Å². The van der Waals surface area contributed by atoms with Gasteiger partial charge in [0.2, 0.25) is 0 Å². The summed E-state index contributed by atoms with van der Waals surface area (Å²) in [7, 11) is 0. The van der Waals surface area contributed by atoms with Gasteiger partial charge in [0.05, 0.1) is 0 Å². The van der Waals surface area contributed by atoms with Gasteiger partial charge in [-0.2, -0.15) is 0 Å². The lowest BCUT2D eigenvalue weighted by atomic mass is 10.0. The Bertz CT molecular complexity index is 356. The first-order valence-electron chi connectivity index (χ1n) is 7.25.